The molecule has 0 saturated heterocycles. The van der Waals surface area contributed by atoms with Crippen LogP contribution in [0.5, 0.6) is 0 Å². The molecule has 6 N–H and O–H groups in total. The Morgan fingerprint density at radius 1 is 0.667 bits per heavy atom. The number of hydrogen-bond donors (Lipinski definition) is 2. The van der Waals surface area contributed by atoms with Crippen LogP contribution in [0.3, 0.4) is 0 Å². The van der Waals surface area contributed by atoms with Crippen LogP contribution in [0.2, 0.25) is 0 Å². The quantitative estimate of drug-likeness (QED) is 0.450. The molecule has 0 aliphatic rings. The van der Waals surface area contributed by atoms with E-state index in [9.17, 15) is 0 Å². The van der Waals surface area contributed by atoms with Crippen molar-refractivity contribution in [2.75, 3.05) is 0 Å². The van der Waals surface area contributed by atoms with Gasteiger partial charge in [0, 0.05) is 13.1 Å². The monoisotopic (exact) mass is 88.1 g/mol. The van der Waals surface area contributed by atoms with Crippen LogP contribution in [0.15, 0.2) is 0 Å². The van der Waals surface area contributed by atoms with Gasteiger partial charge in [-0.15, -0.1) is 0 Å². The minimum Gasteiger partial charge on any atom is -0.344 e. The van der Waals surface area contributed by atoms with Gasteiger partial charge in [-0.05, 0) is 0 Å². The van der Waals surface area contributed by atoms with Gasteiger partial charge in [-0.3, -0.25) is 0 Å². The molecule has 0 saturated carbocycles. The highest BCUT2D eigenvalue weighted by Gasteiger charge is 0.515. The average molecular weight is 88.1 g/mol. The van der Waals surface area contributed by atoms with Gasteiger partial charge in [0.05, 0.1) is 0 Å². The molecule has 6 heavy (non-hydrogen) atoms. The van der Waals surface area contributed by atoms with E-state index in [4.69, 9.17) is 10.5 Å². The molecule has 4 heteroatoms. The second kappa shape index (κ2) is 27.1. The van der Waals surface area contributed by atoms with Gasteiger partial charge in [-0.25, -0.2) is 10.5 Å². The van der Waals surface area contributed by atoms with E-state index in [2.05, 4.69) is 13.1 Å². The van der Waals surface area contributed by atoms with Crippen molar-refractivity contribution < 1.29 is 0 Å². The van der Waals surface area contributed by atoms with E-state index in [1.807, 2.05) is 0 Å². The predicted octanol–water partition coefficient (Wildman–Crippen LogP) is 0.604. The molecule has 36 valence electrons. The van der Waals surface area contributed by atoms with Crippen molar-refractivity contribution in [3.05, 3.63) is 0 Å². The molecule has 0 radical (unpaired) electrons. The Bertz CT molecular complexity index is 21.0. The summed E-state index contributed by atoms with van der Waals surface area (Å²) in [7, 11) is 0. The SMILES string of the molecule is C#N.C#N.N.N. The van der Waals surface area contributed by atoms with E-state index in [0.29, 0.717) is 0 Å². The number of nitrogens with zero attached hydrogens (tertiary/aromatic N) is 2. The Kier molecular flexibility index (Phi) is 416. The predicted molar refractivity (Wildman–Crippen MR) is 23.4 cm³/mol. The van der Waals surface area contributed by atoms with E-state index in [0.717, 1.165) is 0 Å². The molecule has 0 aromatic carbocycles. The lowest BCUT2D eigenvalue weighted by molar-refractivity contribution is 1.58. The van der Waals surface area contributed by atoms with Crippen molar-refractivity contribution in [2.45, 2.75) is 0 Å². The van der Waals surface area contributed by atoms with E-state index in [1.165, 1.54) is 0 Å². The molecule has 0 heterocycles. The van der Waals surface area contributed by atoms with Crippen LogP contribution < -0.4 is 12.3 Å². The fourth-order valence-corrected chi connectivity index (χ4v) is 0. The van der Waals surface area contributed by atoms with Crippen molar-refractivity contribution in [3.63, 3.8) is 0 Å². The third-order valence-corrected chi connectivity index (χ3v) is 0. The molecular formula is C2H8N4. The highest BCUT2D eigenvalue weighted by atomic mass is 14.2. The van der Waals surface area contributed by atoms with Crippen molar-refractivity contribution in [1.29, 1.82) is 10.5 Å². The molecule has 0 spiro atoms. The molecule has 4 nitrogen and oxygen atoms in total. The summed E-state index contributed by atoms with van der Waals surface area (Å²) in [6.07, 6.45) is 0. The summed E-state index contributed by atoms with van der Waals surface area (Å²) in [5, 5.41) is 13.0. The lowest BCUT2D eigenvalue weighted by Gasteiger charge is -0.668. The third kappa shape index (κ3) is 8.65. The number of hydrogen-bond acceptors (Lipinski definition) is 4. The van der Waals surface area contributed by atoms with Gasteiger partial charge >= 0.3 is 0 Å². The third-order valence-electron chi connectivity index (χ3n) is 0. The van der Waals surface area contributed by atoms with Gasteiger partial charge < -0.3 is 12.3 Å². The zero-order valence-corrected chi connectivity index (χ0v) is 3.46. The smallest absolute Gasteiger partial charge is 0.0462 e. The van der Waals surface area contributed by atoms with Crippen LogP contribution >= 0.6 is 0 Å². The van der Waals surface area contributed by atoms with E-state index >= 15 is 0 Å². The van der Waals surface area contributed by atoms with E-state index in [-0.39, 0.29) is 12.3 Å². The zero-order chi connectivity index (χ0) is 4.00. The van der Waals surface area contributed by atoms with E-state index in [1.54, 1.807) is 0 Å². The first-order chi connectivity index (χ1) is 2.00. The molecule has 0 rings (SSSR count). The summed E-state index contributed by atoms with van der Waals surface area (Å²) in [6, 6.07) is 0. The van der Waals surface area contributed by atoms with Crippen molar-refractivity contribution in [2.24, 2.45) is 0 Å². The fraction of sp³-hybridized carbons (Fsp3) is 0. The summed E-state index contributed by atoms with van der Waals surface area (Å²) in [5.41, 5.74) is 0. The summed E-state index contributed by atoms with van der Waals surface area (Å²) in [6.45, 7) is 7.00. The van der Waals surface area contributed by atoms with Crippen LogP contribution in [0.4, 0.5) is 0 Å². The number of rotatable bonds is 0. The fourth-order valence-electron chi connectivity index (χ4n) is 0. The van der Waals surface area contributed by atoms with Crippen molar-refractivity contribution in [1.82, 2.24) is 12.3 Å². The normalized spacial score (nSPS) is 0.667. The molecule has 0 bridgehead atoms. The lowest BCUT2D eigenvalue weighted by Crippen LogP contribution is -0.569. The highest BCUT2D eigenvalue weighted by molar-refractivity contribution is 4.03. The molecule has 0 aliphatic heterocycles. The molecule has 0 unspecified atom stereocenters. The van der Waals surface area contributed by atoms with Crippen LogP contribution in [0.25, 0.3) is 0 Å². The topological polar surface area (TPSA) is 118 Å². The molecule has 0 aliphatic carbocycles. The second-order valence-corrected chi connectivity index (χ2v) is 0. The molecular weight excluding hydrogens is 80.0 g/mol. The number of nitriles is 2. The summed E-state index contributed by atoms with van der Waals surface area (Å²) >= 11 is 0. The second-order valence-electron chi connectivity index (χ2n) is 0. The molecule has 0 aromatic heterocycles. The van der Waals surface area contributed by atoms with Gasteiger partial charge in [0.15, 0.2) is 0 Å². The first-order valence-corrected chi connectivity index (χ1v) is 0.516. The van der Waals surface area contributed by atoms with Crippen molar-refractivity contribution in [3.8, 4) is 13.1 Å². The Labute approximate surface area is 37.2 Å². The van der Waals surface area contributed by atoms with Crippen molar-refractivity contribution >= 4 is 0 Å². The standard InChI is InChI=1S/2CHN.2H3N/c2*1-2;;/h2*1H;2*1H3. The van der Waals surface area contributed by atoms with Gasteiger partial charge in [0.2, 0.25) is 0 Å². The Hall–Kier alpha value is -1.10. The molecule has 0 amide bonds. The lowest BCUT2D eigenvalue weighted by atomic mass is 11.9. The molecule has 0 fully saturated rings. The molecule has 0 atom stereocenters. The van der Waals surface area contributed by atoms with E-state index < -0.39 is 0 Å². The van der Waals surface area contributed by atoms with Crippen LogP contribution in [0.1, 0.15) is 0 Å². The maximum Gasteiger partial charge on any atom is 0.0462 e. The van der Waals surface area contributed by atoms with Gasteiger partial charge in [0.1, 0.15) is 0 Å². The van der Waals surface area contributed by atoms with Gasteiger partial charge in [0.25, 0.3) is 0 Å². The minimum atomic E-state index is 0. The van der Waals surface area contributed by atoms with Crippen LogP contribution in [-0.2, 0) is 0 Å². The van der Waals surface area contributed by atoms with Gasteiger partial charge in [-0.1, -0.05) is 0 Å². The Morgan fingerprint density at radius 2 is 0.667 bits per heavy atom. The van der Waals surface area contributed by atoms with Gasteiger partial charge in [-0.2, -0.15) is 0 Å². The first-order valence-electron chi connectivity index (χ1n) is 0.516. The summed E-state index contributed by atoms with van der Waals surface area (Å²) in [4.78, 5) is 0. The zero-order valence-electron chi connectivity index (χ0n) is 3.46. The average Bonchev–Trinajstić information content (AvgIpc) is 1.50. The highest BCUT2D eigenvalue weighted by Crippen LogP contribution is 0.588. The first kappa shape index (κ1) is 92.0. The Balaban J connectivity index is -0.00000000500. The maximum absolute atomic E-state index is 6.50. The maximum atomic E-state index is 6.50. The van der Waals surface area contributed by atoms with Crippen LogP contribution in [0, 0.1) is 23.7 Å². The summed E-state index contributed by atoms with van der Waals surface area (Å²) < 4.78 is 0. The minimum absolute atomic E-state index is 0. The summed E-state index contributed by atoms with van der Waals surface area (Å²) in [5.74, 6) is 0. The van der Waals surface area contributed by atoms with Crippen LogP contribution in [-0.4, -0.2) is 0 Å². The Morgan fingerprint density at radius 3 is 0.667 bits per heavy atom. The molecule has 0 aromatic rings. The largest absolute Gasteiger partial charge is 0.344 e.